The zero-order valence-corrected chi connectivity index (χ0v) is 32.3. The SMILES string of the molecule is C(=C/c1ccccc1)/C=C/c1ccc(N(c2ccccc2)c2ccc(-c3ccc(N(c4ccccc4)c4ccc(/C=C/C=C/c5ccccc5)cc4)cc3)cc2)cc1. The van der Waals surface area contributed by atoms with Crippen molar-refractivity contribution >= 4 is 58.4 Å². The molecule has 0 saturated heterocycles. The van der Waals surface area contributed by atoms with Crippen molar-refractivity contribution in [3.05, 3.63) is 265 Å². The van der Waals surface area contributed by atoms with Gasteiger partial charge in [0.2, 0.25) is 0 Å². The van der Waals surface area contributed by atoms with Crippen LogP contribution in [0.2, 0.25) is 0 Å². The highest BCUT2D eigenvalue weighted by molar-refractivity contribution is 5.81. The Morgan fingerprint density at radius 2 is 0.431 bits per heavy atom. The molecule has 8 aromatic rings. The van der Waals surface area contributed by atoms with Gasteiger partial charge in [0, 0.05) is 34.1 Å². The third kappa shape index (κ3) is 9.57. The average molecular weight is 745 g/mol. The number of benzene rings is 8. The number of nitrogens with zero attached hydrogens (tertiary/aromatic N) is 2. The van der Waals surface area contributed by atoms with Crippen LogP contribution in [0.3, 0.4) is 0 Å². The Balaban J connectivity index is 0.994. The molecule has 0 N–H and O–H groups in total. The Bertz CT molecular complexity index is 2400. The normalized spacial score (nSPS) is 11.5. The van der Waals surface area contributed by atoms with Crippen LogP contribution < -0.4 is 9.80 Å². The molecule has 8 aromatic carbocycles. The molecule has 278 valence electrons. The van der Waals surface area contributed by atoms with E-state index in [0.717, 1.165) is 56.4 Å². The highest BCUT2D eigenvalue weighted by atomic mass is 15.1. The Kier molecular flexibility index (Phi) is 12.1. The summed E-state index contributed by atoms with van der Waals surface area (Å²) >= 11 is 0. The summed E-state index contributed by atoms with van der Waals surface area (Å²) in [5.41, 5.74) is 13.6. The van der Waals surface area contributed by atoms with Gasteiger partial charge in [0.15, 0.2) is 0 Å². The number of hydrogen-bond acceptors (Lipinski definition) is 2. The molecule has 0 atom stereocenters. The van der Waals surface area contributed by atoms with Gasteiger partial charge in [0.25, 0.3) is 0 Å². The van der Waals surface area contributed by atoms with Gasteiger partial charge in [0.1, 0.15) is 0 Å². The Morgan fingerprint density at radius 1 is 0.207 bits per heavy atom. The molecule has 8 rings (SSSR count). The lowest BCUT2D eigenvalue weighted by atomic mass is 10.0. The molecular formula is C56H44N2. The topological polar surface area (TPSA) is 6.48 Å². The predicted molar refractivity (Wildman–Crippen MR) is 250 cm³/mol. The second-order valence-electron chi connectivity index (χ2n) is 13.9. The van der Waals surface area contributed by atoms with Crippen molar-refractivity contribution in [1.29, 1.82) is 0 Å². The van der Waals surface area contributed by atoms with Crippen LogP contribution >= 0.6 is 0 Å². The van der Waals surface area contributed by atoms with E-state index in [1.807, 2.05) is 12.1 Å². The molecule has 0 aliphatic carbocycles. The summed E-state index contributed by atoms with van der Waals surface area (Å²) in [6.07, 6.45) is 16.8. The van der Waals surface area contributed by atoms with E-state index in [0.29, 0.717) is 0 Å². The second-order valence-corrected chi connectivity index (χ2v) is 13.9. The van der Waals surface area contributed by atoms with E-state index in [-0.39, 0.29) is 0 Å². The zero-order valence-electron chi connectivity index (χ0n) is 32.3. The van der Waals surface area contributed by atoms with Crippen molar-refractivity contribution in [2.45, 2.75) is 0 Å². The largest absolute Gasteiger partial charge is 0.311 e. The van der Waals surface area contributed by atoms with Gasteiger partial charge in [-0.25, -0.2) is 0 Å². The number of anilines is 6. The van der Waals surface area contributed by atoms with Crippen molar-refractivity contribution in [3.63, 3.8) is 0 Å². The fraction of sp³-hybridized carbons (Fsp3) is 0. The minimum Gasteiger partial charge on any atom is -0.311 e. The highest BCUT2D eigenvalue weighted by Crippen LogP contribution is 2.38. The van der Waals surface area contributed by atoms with Crippen LogP contribution in [0.4, 0.5) is 34.1 Å². The van der Waals surface area contributed by atoms with Gasteiger partial charge in [-0.3, -0.25) is 0 Å². The predicted octanol–water partition coefficient (Wildman–Crippen LogP) is 15.7. The molecule has 0 heterocycles. The first-order valence-corrected chi connectivity index (χ1v) is 19.7. The van der Waals surface area contributed by atoms with Crippen LogP contribution in [0, 0.1) is 0 Å². The average Bonchev–Trinajstić information content (AvgIpc) is 3.30. The lowest BCUT2D eigenvalue weighted by Gasteiger charge is -2.26. The van der Waals surface area contributed by atoms with Gasteiger partial charge in [-0.05, 0) is 106 Å². The van der Waals surface area contributed by atoms with E-state index in [4.69, 9.17) is 0 Å². The van der Waals surface area contributed by atoms with E-state index in [1.54, 1.807) is 0 Å². The highest BCUT2D eigenvalue weighted by Gasteiger charge is 2.14. The summed E-state index contributed by atoms with van der Waals surface area (Å²) < 4.78 is 0. The minimum absolute atomic E-state index is 1.10. The molecule has 0 aliphatic rings. The lowest BCUT2D eigenvalue weighted by molar-refractivity contribution is 1.28. The maximum absolute atomic E-state index is 2.30. The van der Waals surface area contributed by atoms with E-state index in [1.165, 1.54) is 11.1 Å². The fourth-order valence-corrected chi connectivity index (χ4v) is 6.92. The molecule has 58 heavy (non-hydrogen) atoms. The number of para-hydroxylation sites is 2. The van der Waals surface area contributed by atoms with Crippen molar-refractivity contribution in [3.8, 4) is 11.1 Å². The Morgan fingerprint density at radius 3 is 0.724 bits per heavy atom. The van der Waals surface area contributed by atoms with E-state index >= 15 is 0 Å². The van der Waals surface area contributed by atoms with Crippen LogP contribution in [-0.4, -0.2) is 0 Å². The minimum atomic E-state index is 1.10. The van der Waals surface area contributed by atoms with Crippen molar-refractivity contribution in [2.24, 2.45) is 0 Å². The summed E-state index contributed by atoms with van der Waals surface area (Å²) in [6, 6.07) is 76.9. The number of allylic oxidation sites excluding steroid dienone is 4. The van der Waals surface area contributed by atoms with Crippen LogP contribution in [-0.2, 0) is 0 Å². The molecule has 2 heteroatoms. The Hall–Kier alpha value is -7.68. The first-order chi connectivity index (χ1) is 28.8. The monoisotopic (exact) mass is 744 g/mol. The van der Waals surface area contributed by atoms with Crippen molar-refractivity contribution in [2.75, 3.05) is 9.80 Å². The molecule has 0 spiro atoms. The molecule has 0 radical (unpaired) electrons. The molecular weight excluding hydrogens is 701 g/mol. The molecule has 0 saturated carbocycles. The standard InChI is InChI=1S/C56H44N2/c1-5-17-45(18-6-1)21-13-15-23-47-29-37-53(38-30-47)57(51-25-9-3-10-26-51)55-41-33-49(34-42-55)50-35-43-56(44-36-50)58(52-27-11-4-12-28-52)54-39-31-48(32-40-54)24-16-14-22-46-19-7-2-8-20-46/h1-44H/b21-13-,22-14+,23-15+,24-16+. The maximum Gasteiger partial charge on any atom is 0.0462 e. The van der Waals surface area contributed by atoms with Crippen LogP contribution in [0.1, 0.15) is 22.3 Å². The summed E-state index contributed by atoms with van der Waals surface area (Å²) in [5.74, 6) is 0. The molecule has 2 nitrogen and oxygen atoms in total. The molecule has 0 amide bonds. The maximum atomic E-state index is 2.30. The third-order valence-electron chi connectivity index (χ3n) is 9.89. The van der Waals surface area contributed by atoms with Gasteiger partial charge >= 0.3 is 0 Å². The zero-order chi connectivity index (χ0) is 39.2. The van der Waals surface area contributed by atoms with Gasteiger partial charge in [-0.15, -0.1) is 0 Å². The number of hydrogen-bond donors (Lipinski definition) is 0. The molecule has 0 unspecified atom stereocenters. The first-order valence-electron chi connectivity index (χ1n) is 19.7. The lowest BCUT2D eigenvalue weighted by Crippen LogP contribution is -2.10. The van der Waals surface area contributed by atoms with Gasteiger partial charge in [-0.1, -0.05) is 194 Å². The van der Waals surface area contributed by atoms with Crippen molar-refractivity contribution < 1.29 is 0 Å². The smallest absolute Gasteiger partial charge is 0.0462 e. The molecule has 0 aliphatic heterocycles. The van der Waals surface area contributed by atoms with Gasteiger partial charge in [-0.2, -0.15) is 0 Å². The Labute approximate surface area is 343 Å². The number of rotatable bonds is 13. The summed E-state index contributed by atoms with van der Waals surface area (Å²) in [7, 11) is 0. The summed E-state index contributed by atoms with van der Waals surface area (Å²) in [5, 5.41) is 0. The van der Waals surface area contributed by atoms with E-state index in [9.17, 15) is 0 Å². The van der Waals surface area contributed by atoms with Gasteiger partial charge < -0.3 is 9.80 Å². The third-order valence-corrected chi connectivity index (χ3v) is 9.89. The van der Waals surface area contributed by atoms with Gasteiger partial charge in [0.05, 0.1) is 0 Å². The van der Waals surface area contributed by atoms with Crippen LogP contribution in [0.5, 0.6) is 0 Å². The van der Waals surface area contributed by atoms with Crippen LogP contribution in [0.25, 0.3) is 35.4 Å². The van der Waals surface area contributed by atoms with E-state index in [2.05, 4.69) is 265 Å². The molecule has 0 bridgehead atoms. The van der Waals surface area contributed by atoms with Crippen molar-refractivity contribution in [1.82, 2.24) is 0 Å². The first kappa shape index (κ1) is 37.3. The van der Waals surface area contributed by atoms with Crippen LogP contribution in [0.15, 0.2) is 243 Å². The molecule has 0 aromatic heterocycles. The fourth-order valence-electron chi connectivity index (χ4n) is 6.92. The summed E-state index contributed by atoms with van der Waals surface area (Å²) in [6.45, 7) is 0. The van der Waals surface area contributed by atoms with E-state index < -0.39 is 0 Å². The second kappa shape index (κ2) is 18.8. The quantitative estimate of drug-likeness (QED) is 0.108. The summed E-state index contributed by atoms with van der Waals surface area (Å²) in [4.78, 5) is 4.60. The molecule has 0 fully saturated rings.